The number of β-lactam (4-membered cyclic amide) rings is 1. The number of aliphatic carboxylic acids is 1. The van der Waals surface area contributed by atoms with Crippen LogP contribution in [0.15, 0.2) is 26.9 Å². The van der Waals surface area contributed by atoms with Gasteiger partial charge in [-0.1, -0.05) is 13.8 Å². The van der Waals surface area contributed by atoms with E-state index in [1.54, 1.807) is 19.9 Å². The Bertz CT molecular complexity index is 1200. The normalized spacial score (nSPS) is 28.7. The third kappa shape index (κ3) is 4.94. The van der Waals surface area contributed by atoms with Crippen molar-refractivity contribution in [2.45, 2.75) is 61.4 Å². The summed E-state index contributed by atoms with van der Waals surface area (Å²) in [4.78, 5) is 39.8. The lowest BCUT2D eigenvalue weighted by Gasteiger charge is -2.46. The number of aliphatic hydroxyl groups is 1. The van der Waals surface area contributed by atoms with Gasteiger partial charge in [0.15, 0.2) is 0 Å². The van der Waals surface area contributed by atoms with Crippen LogP contribution in [-0.2, 0) is 31.0 Å². The van der Waals surface area contributed by atoms with Crippen molar-refractivity contribution in [2.24, 2.45) is 11.8 Å². The van der Waals surface area contributed by atoms with Crippen LogP contribution in [0.2, 0.25) is 0 Å². The summed E-state index contributed by atoms with van der Waals surface area (Å²) in [7, 11) is -3.54. The number of nitrogens with one attached hydrogen (secondary N) is 3. The van der Waals surface area contributed by atoms with Gasteiger partial charge in [0.25, 0.3) is 0 Å². The zero-order chi connectivity index (χ0) is 26.4. The van der Waals surface area contributed by atoms with E-state index in [4.69, 9.17) is 0 Å². The highest BCUT2D eigenvalue weighted by Crippen LogP contribution is 2.51. The highest BCUT2D eigenvalue weighted by Gasteiger charge is 2.60. The predicted molar refractivity (Wildman–Crippen MR) is 134 cm³/mol. The second-order valence-corrected chi connectivity index (χ2v) is 13.7. The van der Waals surface area contributed by atoms with Gasteiger partial charge in [-0.15, -0.1) is 23.1 Å². The number of amides is 2. The molecular formula is C22H30N4O7S3. The van der Waals surface area contributed by atoms with E-state index in [1.807, 2.05) is 6.92 Å². The minimum absolute atomic E-state index is 0.0201. The zero-order valence-electron chi connectivity index (χ0n) is 20.1. The number of hydrogen-bond donors (Lipinski definition) is 5. The van der Waals surface area contributed by atoms with Crippen molar-refractivity contribution in [1.82, 2.24) is 20.3 Å². The first-order valence-electron chi connectivity index (χ1n) is 11.7. The molecule has 2 fully saturated rings. The fraction of sp³-hybridized carbons (Fsp3) is 0.591. The maximum absolute atomic E-state index is 12.7. The molecule has 1 aromatic rings. The molecule has 0 spiro atoms. The molecule has 0 unspecified atom stereocenters. The first kappa shape index (κ1) is 27.1. The maximum Gasteiger partial charge on any atom is 0.353 e. The molecule has 4 heterocycles. The van der Waals surface area contributed by atoms with Gasteiger partial charge < -0.3 is 25.7 Å². The number of thioether (sulfide) groups is 1. The summed E-state index contributed by atoms with van der Waals surface area (Å²) in [5, 5.41) is 25.7. The Hall–Kier alpha value is -1.97. The molecule has 5 N–H and O–H groups in total. The second kappa shape index (κ2) is 10.4. The summed E-state index contributed by atoms with van der Waals surface area (Å²) in [5.41, 5.74) is -0.0201. The number of sulfonamides is 1. The molecule has 0 aromatic carbocycles. The third-order valence-electron chi connectivity index (χ3n) is 6.68. The number of fused-ring (bicyclic) bond motifs is 1. The number of thiophene rings is 1. The Morgan fingerprint density at radius 2 is 2.08 bits per heavy atom. The first-order chi connectivity index (χ1) is 17.0. The fourth-order valence-corrected chi connectivity index (χ4v) is 8.87. The Labute approximate surface area is 217 Å². The minimum Gasteiger partial charge on any atom is -0.477 e. The molecule has 1 aromatic heterocycles. The largest absolute Gasteiger partial charge is 0.477 e. The molecule has 2 saturated heterocycles. The van der Waals surface area contributed by atoms with E-state index < -0.39 is 34.1 Å². The molecular weight excluding hydrogens is 528 g/mol. The number of rotatable bonds is 10. The van der Waals surface area contributed by atoms with E-state index in [0.717, 1.165) is 11.3 Å². The van der Waals surface area contributed by atoms with Gasteiger partial charge in [0, 0.05) is 34.0 Å². The van der Waals surface area contributed by atoms with E-state index in [0.29, 0.717) is 29.3 Å². The van der Waals surface area contributed by atoms with Crippen LogP contribution in [0.5, 0.6) is 0 Å². The molecule has 0 aliphatic carbocycles. The van der Waals surface area contributed by atoms with Gasteiger partial charge in [0.05, 0.1) is 30.7 Å². The van der Waals surface area contributed by atoms with Crippen LogP contribution in [0, 0.1) is 11.8 Å². The summed E-state index contributed by atoms with van der Waals surface area (Å²) in [5.74, 6) is -2.60. The number of carboxylic acids is 1. The van der Waals surface area contributed by atoms with Crippen LogP contribution < -0.4 is 15.4 Å². The van der Waals surface area contributed by atoms with Crippen LogP contribution in [0.1, 0.15) is 32.1 Å². The van der Waals surface area contributed by atoms with Gasteiger partial charge in [-0.05, 0) is 25.5 Å². The number of carboxylic acid groups (broad SMARTS) is 1. The average molecular weight is 559 g/mol. The van der Waals surface area contributed by atoms with Crippen LogP contribution >= 0.6 is 23.1 Å². The molecule has 14 heteroatoms. The Morgan fingerprint density at radius 3 is 2.72 bits per heavy atom. The number of carbonyl (C=O) groups excluding carboxylic acids is 2. The first-order valence-corrected chi connectivity index (χ1v) is 14.9. The summed E-state index contributed by atoms with van der Waals surface area (Å²) in [6, 6.07) is 2.34. The van der Waals surface area contributed by atoms with Crippen LogP contribution in [0.4, 0.5) is 0 Å². The van der Waals surface area contributed by atoms with E-state index in [2.05, 4.69) is 15.4 Å². The van der Waals surface area contributed by atoms with Gasteiger partial charge in [-0.3, -0.25) is 9.59 Å². The van der Waals surface area contributed by atoms with Crippen molar-refractivity contribution in [2.75, 3.05) is 13.1 Å². The molecule has 0 bridgehead atoms. The molecule has 11 nitrogen and oxygen atoms in total. The summed E-state index contributed by atoms with van der Waals surface area (Å²) >= 11 is 2.47. The molecule has 2 amide bonds. The molecule has 36 heavy (non-hydrogen) atoms. The van der Waals surface area contributed by atoms with Gasteiger partial charge in [-0.25, -0.2) is 17.9 Å². The van der Waals surface area contributed by atoms with Crippen LogP contribution in [0.25, 0.3) is 0 Å². The Kier molecular flexibility index (Phi) is 7.84. The number of hydrogen-bond acceptors (Lipinski definition) is 9. The van der Waals surface area contributed by atoms with Crippen LogP contribution in [-0.4, -0.2) is 77.8 Å². The molecule has 0 saturated carbocycles. The SMILES string of the molecule is CCNS(=O)(=O)c1ccc(CNC(=O)[C@@H]2C[C@H](SC3=C(C(=O)O)N4C(=O)[C@H]([C@@H](C)O)[C@H]4[C@H]3C)CN2)s1. The number of aliphatic hydroxyl groups excluding tert-OH is 1. The number of nitrogens with zero attached hydrogens (tertiary/aromatic N) is 1. The molecule has 3 aliphatic heterocycles. The lowest BCUT2D eigenvalue weighted by atomic mass is 9.79. The van der Waals surface area contributed by atoms with Gasteiger partial charge in [0.2, 0.25) is 21.8 Å². The molecule has 198 valence electrons. The van der Waals surface area contributed by atoms with Crippen molar-refractivity contribution in [3.63, 3.8) is 0 Å². The van der Waals surface area contributed by atoms with Gasteiger partial charge >= 0.3 is 5.97 Å². The standard InChI is InChI=1S/C22H30N4O7S3/c1-4-25-36(32,33)15-6-5-12(34-15)8-24-20(28)14-7-13(9-23-14)35-19-10(2)17-16(11(3)27)21(29)26(17)18(19)22(30)31/h5-6,10-11,13-14,16-17,23,25,27H,4,7-9H2,1-3H3,(H,24,28)(H,30,31)/t10-,11-,13+,14+,16-,17-/m1/s1. The highest BCUT2D eigenvalue weighted by molar-refractivity contribution is 8.03. The van der Waals surface area contributed by atoms with E-state index in [9.17, 15) is 33.0 Å². The van der Waals surface area contributed by atoms with Crippen LogP contribution in [0.3, 0.4) is 0 Å². The molecule has 0 radical (unpaired) electrons. The predicted octanol–water partition coefficient (Wildman–Crippen LogP) is 0.280. The van der Waals surface area contributed by atoms with Crippen molar-refractivity contribution in [3.05, 3.63) is 27.6 Å². The lowest BCUT2D eigenvalue weighted by Crippen LogP contribution is -2.63. The smallest absolute Gasteiger partial charge is 0.353 e. The summed E-state index contributed by atoms with van der Waals surface area (Å²) < 4.78 is 26.8. The summed E-state index contributed by atoms with van der Waals surface area (Å²) in [6.45, 7) is 6.10. The number of carbonyl (C=O) groups is 3. The minimum atomic E-state index is -3.54. The van der Waals surface area contributed by atoms with E-state index in [1.165, 1.54) is 22.7 Å². The maximum atomic E-state index is 12.7. The van der Waals surface area contributed by atoms with Gasteiger partial charge in [-0.2, -0.15) is 0 Å². The Balaban J connectivity index is 1.35. The average Bonchev–Trinajstić information content (AvgIpc) is 3.51. The van der Waals surface area contributed by atoms with Crippen molar-refractivity contribution < 1.29 is 33.0 Å². The molecule has 6 atom stereocenters. The monoisotopic (exact) mass is 558 g/mol. The molecule has 4 rings (SSSR count). The Morgan fingerprint density at radius 1 is 1.36 bits per heavy atom. The molecule has 3 aliphatic rings. The summed E-state index contributed by atoms with van der Waals surface area (Å²) in [6.07, 6.45) is -0.382. The van der Waals surface area contributed by atoms with E-state index in [-0.39, 0.29) is 45.5 Å². The topological polar surface area (TPSA) is 165 Å². The van der Waals surface area contributed by atoms with Crippen molar-refractivity contribution >= 4 is 50.9 Å². The zero-order valence-corrected chi connectivity index (χ0v) is 22.5. The van der Waals surface area contributed by atoms with Crippen molar-refractivity contribution in [1.29, 1.82) is 0 Å². The lowest BCUT2D eigenvalue weighted by molar-refractivity contribution is -0.163. The fourth-order valence-electron chi connectivity index (χ4n) is 5.01. The third-order valence-corrected chi connectivity index (χ3v) is 11.3. The quantitative estimate of drug-likeness (QED) is 0.254. The van der Waals surface area contributed by atoms with Crippen molar-refractivity contribution in [3.8, 4) is 0 Å². The second-order valence-electron chi connectivity index (χ2n) is 9.15. The van der Waals surface area contributed by atoms with Gasteiger partial charge in [0.1, 0.15) is 9.91 Å². The van der Waals surface area contributed by atoms with E-state index >= 15 is 0 Å². The highest BCUT2D eigenvalue weighted by atomic mass is 32.2.